The smallest absolute Gasteiger partial charge is 0.163 e. The quantitative estimate of drug-likeness (QED) is 0.385. The first-order valence-electron chi connectivity index (χ1n) is 12.9. The molecule has 4 aliphatic carbocycles. The van der Waals surface area contributed by atoms with E-state index in [1.165, 1.54) is 43.4 Å². The summed E-state index contributed by atoms with van der Waals surface area (Å²) in [4.78, 5) is 4.92. The number of hydrogen-bond acceptors (Lipinski definition) is 3. The van der Waals surface area contributed by atoms with Crippen molar-refractivity contribution in [3.8, 4) is 0 Å². The number of aromatic nitrogens is 3. The van der Waals surface area contributed by atoms with Crippen LogP contribution in [0.5, 0.6) is 0 Å². The number of rotatable bonds is 0. The Hall–Kier alpha value is -1.46. The molecule has 3 fully saturated rings. The van der Waals surface area contributed by atoms with E-state index in [0.29, 0.717) is 17.3 Å². The van der Waals surface area contributed by atoms with Gasteiger partial charge in [-0.05, 0) is 117 Å². The minimum atomic E-state index is -0.494. The van der Waals surface area contributed by atoms with E-state index in [2.05, 4.69) is 65.6 Å². The predicted octanol–water partition coefficient (Wildman–Crippen LogP) is 6.35. The van der Waals surface area contributed by atoms with Crippen molar-refractivity contribution < 1.29 is 5.11 Å². The van der Waals surface area contributed by atoms with Crippen LogP contribution >= 0.6 is 15.9 Å². The minimum absolute atomic E-state index is 0.0983. The maximum absolute atomic E-state index is 11.2. The topological polar surface area (TPSA) is 50.4 Å². The van der Waals surface area contributed by atoms with E-state index in [4.69, 9.17) is 10.1 Å². The van der Waals surface area contributed by atoms with Crippen LogP contribution < -0.4 is 0 Å². The van der Waals surface area contributed by atoms with E-state index in [-0.39, 0.29) is 5.41 Å². The lowest BCUT2D eigenvalue weighted by molar-refractivity contribution is -0.139. The van der Waals surface area contributed by atoms with Gasteiger partial charge in [0.1, 0.15) is 0 Å². The van der Waals surface area contributed by atoms with E-state index in [0.717, 1.165) is 52.1 Å². The highest BCUT2D eigenvalue weighted by Crippen LogP contribution is 2.67. The van der Waals surface area contributed by atoms with Crippen LogP contribution in [0.4, 0.5) is 0 Å². The first-order valence-corrected chi connectivity index (χ1v) is 13.7. The van der Waals surface area contributed by atoms with Crippen LogP contribution in [-0.4, -0.2) is 25.3 Å². The average Bonchev–Trinajstić information content (AvgIpc) is 3.25. The van der Waals surface area contributed by atoms with Gasteiger partial charge < -0.3 is 5.11 Å². The Labute approximate surface area is 204 Å². The van der Waals surface area contributed by atoms with Gasteiger partial charge >= 0.3 is 0 Å². The summed E-state index contributed by atoms with van der Waals surface area (Å²) in [5.41, 5.74) is 4.74. The van der Waals surface area contributed by atoms with Crippen molar-refractivity contribution >= 4 is 32.5 Å². The van der Waals surface area contributed by atoms with Crippen molar-refractivity contribution in [2.45, 2.75) is 77.7 Å². The van der Waals surface area contributed by atoms with E-state index < -0.39 is 5.60 Å². The maximum atomic E-state index is 11.2. The van der Waals surface area contributed by atoms with Crippen molar-refractivity contribution in [1.82, 2.24) is 14.6 Å². The Bertz CT molecular complexity index is 1300. The number of aliphatic hydroxyl groups is 1. The molecule has 33 heavy (non-hydrogen) atoms. The van der Waals surface area contributed by atoms with Gasteiger partial charge in [0.2, 0.25) is 0 Å². The third kappa shape index (κ3) is 2.61. The molecular formula is C28H34BrN3O. The minimum Gasteiger partial charge on any atom is -0.390 e. The molecule has 0 bridgehead atoms. The Morgan fingerprint density at radius 1 is 1.06 bits per heavy atom. The first kappa shape index (κ1) is 20.9. The molecule has 5 heteroatoms. The summed E-state index contributed by atoms with van der Waals surface area (Å²) in [6.07, 6.45) is 11.7. The molecule has 0 amide bonds. The monoisotopic (exact) mass is 507 g/mol. The van der Waals surface area contributed by atoms with Crippen molar-refractivity contribution in [1.29, 1.82) is 0 Å². The zero-order valence-corrected chi connectivity index (χ0v) is 21.5. The first-order chi connectivity index (χ1) is 15.7. The van der Waals surface area contributed by atoms with Crippen LogP contribution in [0.1, 0.15) is 70.6 Å². The van der Waals surface area contributed by atoms with Gasteiger partial charge in [0, 0.05) is 21.7 Å². The molecule has 0 saturated heterocycles. The van der Waals surface area contributed by atoms with Gasteiger partial charge in [-0.15, -0.1) is 0 Å². The summed E-state index contributed by atoms with van der Waals surface area (Å²) in [6, 6.07) is 6.32. The molecule has 3 saturated carbocycles. The Morgan fingerprint density at radius 2 is 1.88 bits per heavy atom. The molecule has 0 aliphatic heterocycles. The molecule has 3 aromatic rings. The SMILES string of the molecule is C[C@]12Cc3cnc4c5ccc(Br)cc5nn4c3C[C@@H]1CC[C@@H]1[C@@H]2CC[C@@]2(C)[C@H]1CC[C@]2(C)O. The third-order valence-electron chi connectivity index (χ3n) is 11.2. The number of hydrogen-bond donors (Lipinski definition) is 1. The summed E-state index contributed by atoms with van der Waals surface area (Å²) >= 11 is 3.59. The second-order valence-electron chi connectivity index (χ2n) is 12.4. The number of benzene rings is 1. The van der Waals surface area contributed by atoms with Crippen molar-refractivity contribution in [3.63, 3.8) is 0 Å². The summed E-state index contributed by atoms with van der Waals surface area (Å²) in [6.45, 7) is 7.10. The molecule has 4 nitrogen and oxygen atoms in total. The van der Waals surface area contributed by atoms with Gasteiger partial charge in [-0.25, -0.2) is 9.50 Å². The van der Waals surface area contributed by atoms with Crippen molar-refractivity contribution in [2.24, 2.45) is 34.5 Å². The highest BCUT2D eigenvalue weighted by molar-refractivity contribution is 9.10. The molecule has 0 spiro atoms. The normalized spacial score (nSPS) is 42.1. The van der Waals surface area contributed by atoms with Gasteiger partial charge in [0.05, 0.1) is 11.1 Å². The molecule has 7 atom stereocenters. The van der Waals surface area contributed by atoms with Crippen LogP contribution in [0.2, 0.25) is 0 Å². The van der Waals surface area contributed by atoms with Crippen LogP contribution in [0.25, 0.3) is 16.6 Å². The molecule has 1 N–H and O–H groups in total. The standard InChI is InChI=1S/C28H34BrN3O/c1-26-14-16-15-30-25-20-7-5-18(29)13-23(20)31-32(25)24(16)12-17(26)4-6-19-21(26)8-10-27(2)22(19)9-11-28(27,3)33/h5,7,13,15,17,19,21-22,33H,4,6,8-12,14H2,1-3H3/t17-,19+,21-,22-,26-,27-,28-/m0/s1. The molecule has 0 unspecified atom stereocenters. The number of nitrogens with zero attached hydrogens (tertiary/aromatic N) is 3. The van der Waals surface area contributed by atoms with E-state index in [1.807, 2.05) is 0 Å². The molecule has 174 valence electrons. The number of halogens is 1. The maximum Gasteiger partial charge on any atom is 0.163 e. The van der Waals surface area contributed by atoms with Crippen LogP contribution in [0, 0.1) is 34.5 Å². The summed E-state index contributed by atoms with van der Waals surface area (Å²) < 4.78 is 3.22. The molecular weight excluding hydrogens is 474 g/mol. The van der Waals surface area contributed by atoms with E-state index in [1.54, 1.807) is 0 Å². The highest BCUT2D eigenvalue weighted by Gasteiger charge is 2.63. The Balaban J connectivity index is 1.29. The van der Waals surface area contributed by atoms with Crippen molar-refractivity contribution in [2.75, 3.05) is 0 Å². The van der Waals surface area contributed by atoms with Crippen LogP contribution in [0.3, 0.4) is 0 Å². The fourth-order valence-corrected chi connectivity index (χ4v) is 9.45. The highest BCUT2D eigenvalue weighted by atomic mass is 79.9. The molecule has 0 radical (unpaired) electrons. The van der Waals surface area contributed by atoms with Gasteiger partial charge in [0.25, 0.3) is 0 Å². The van der Waals surface area contributed by atoms with Gasteiger partial charge in [0.15, 0.2) is 5.65 Å². The number of fused-ring (bicyclic) bond motifs is 10. The Kier molecular flexibility index (Phi) is 4.18. The lowest BCUT2D eigenvalue weighted by atomic mass is 9.44. The second-order valence-corrected chi connectivity index (χ2v) is 13.3. The fourth-order valence-electron chi connectivity index (χ4n) is 9.11. The van der Waals surface area contributed by atoms with Gasteiger partial charge in [-0.2, -0.15) is 5.10 Å². The largest absolute Gasteiger partial charge is 0.390 e. The average molecular weight is 509 g/mol. The third-order valence-corrected chi connectivity index (χ3v) is 11.7. The van der Waals surface area contributed by atoms with Gasteiger partial charge in [-0.1, -0.05) is 29.8 Å². The lowest BCUT2D eigenvalue weighted by Gasteiger charge is -2.61. The lowest BCUT2D eigenvalue weighted by Crippen LogP contribution is -2.56. The van der Waals surface area contributed by atoms with Crippen LogP contribution in [0.15, 0.2) is 28.9 Å². The predicted molar refractivity (Wildman–Crippen MR) is 134 cm³/mol. The van der Waals surface area contributed by atoms with Crippen molar-refractivity contribution in [3.05, 3.63) is 40.1 Å². The van der Waals surface area contributed by atoms with E-state index >= 15 is 0 Å². The summed E-state index contributed by atoms with van der Waals surface area (Å²) in [7, 11) is 0. The molecule has 7 rings (SSSR count). The zero-order chi connectivity index (χ0) is 22.8. The second kappa shape index (κ2) is 6.60. The molecule has 2 heterocycles. The van der Waals surface area contributed by atoms with Crippen LogP contribution in [-0.2, 0) is 12.8 Å². The molecule has 4 aliphatic rings. The van der Waals surface area contributed by atoms with E-state index in [9.17, 15) is 5.11 Å². The fraction of sp³-hybridized carbons (Fsp3) is 0.643. The summed E-state index contributed by atoms with van der Waals surface area (Å²) in [5.74, 6) is 2.92. The summed E-state index contributed by atoms with van der Waals surface area (Å²) in [5, 5.41) is 17.4. The molecule has 2 aromatic heterocycles. The Morgan fingerprint density at radius 3 is 2.73 bits per heavy atom. The van der Waals surface area contributed by atoms with Gasteiger partial charge in [-0.3, -0.25) is 0 Å². The zero-order valence-electron chi connectivity index (χ0n) is 19.9. The molecule has 1 aromatic carbocycles.